The quantitative estimate of drug-likeness (QED) is 0.533. The SMILES string of the molecule is O=C(CSc1nnc(N2CCN(C(=O)Cc3ccc(F)cc3)CC2)s1)Nc1ccccc1. The molecule has 2 aromatic carbocycles. The maximum atomic E-state index is 13.0. The molecule has 32 heavy (non-hydrogen) atoms. The largest absolute Gasteiger partial charge is 0.343 e. The molecule has 10 heteroatoms. The number of hydrogen-bond acceptors (Lipinski definition) is 7. The number of aromatic nitrogens is 2. The number of anilines is 2. The van der Waals surface area contributed by atoms with E-state index in [4.69, 9.17) is 0 Å². The molecule has 0 aliphatic carbocycles. The minimum Gasteiger partial charge on any atom is -0.343 e. The number of thioether (sulfide) groups is 1. The van der Waals surface area contributed by atoms with Crippen LogP contribution in [0.1, 0.15) is 5.56 Å². The van der Waals surface area contributed by atoms with Crippen LogP contribution in [0, 0.1) is 5.82 Å². The molecular formula is C22H22FN5O2S2. The zero-order chi connectivity index (χ0) is 22.3. The average molecular weight is 472 g/mol. The van der Waals surface area contributed by atoms with Crippen LogP contribution in [0.4, 0.5) is 15.2 Å². The lowest BCUT2D eigenvalue weighted by Gasteiger charge is -2.34. The van der Waals surface area contributed by atoms with Crippen molar-refractivity contribution in [3.05, 3.63) is 66.0 Å². The lowest BCUT2D eigenvalue weighted by molar-refractivity contribution is -0.130. The van der Waals surface area contributed by atoms with Crippen molar-refractivity contribution in [2.45, 2.75) is 10.8 Å². The summed E-state index contributed by atoms with van der Waals surface area (Å²) in [6, 6.07) is 15.4. The van der Waals surface area contributed by atoms with Gasteiger partial charge in [0.25, 0.3) is 0 Å². The van der Waals surface area contributed by atoms with Gasteiger partial charge in [0.05, 0.1) is 12.2 Å². The monoisotopic (exact) mass is 471 g/mol. The van der Waals surface area contributed by atoms with Crippen LogP contribution in [0.3, 0.4) is 0 Å². The van der Waals surface area contributed by atoms with Crippen LogP contribution >= 0.6 is 23.1 Å². The number of benzene rings is 2. The first-order valence-corrected chi connectivity index (χ1v) is 12.0. The Hall–Kier alpha value is -2.98. The topological polar surface area (TPSA) is 78.4 Å². The number of piperazine rings is 1. The summed E-state index contributed by atoms with van der Waals surface area (Å²) in [5, 5.41) is 12.1. The lowest BCUT2D eigenvalue weighted by Crippen LogP contribution is -2.49. The van der Waals surface area contributed by atoms with Gasteiger partial charge >= 0.3 is 0 Å². The minimum atomic E-state index is -0.304. The van der Waals surface area contributed by atoms with Crippen LogP contribution in [0.25, 0.3) is 0 Å². The third-order valence-corrected chi connectivity index (χ3v) is 7.07. The number of para-hydroxylation sites is 1. The number of hydrogen-bond donors (Lipinski definition) is 1. The van der Waals surface area contributed by atoms with Gasteiger partial charge < -0.3 is 15.1 Å². The highest BCUT2D eigenvalue weighted by atomic mass is 32.2. The Kier molecular flexibility index (Phi) is 7.33. The third-order valence-electron chi connectivity index (χ3n) is 4.95. The standard InChI is InChI=1S/C22H22FN5O2S2/c23-17-8-6-16(7-9-17)14-20(30)27-10-12-28(13-11-27)21-25-26-22(32-21)31-15-19(29)24-18-4-2-1-3-5-18/h1-9H,10-15H2,(H,24,29). The molecule has 1 aliphatic heterocycles. The van der Waals surface area contributed by atoms with Crippen LogP contribution in [0.15, 0.2) is 58.9 Å². The number of nitrogens with one attached hydrogen (secondary N) is 1. The number of halogens is 1. The molecule has 0 radical (unpaired) electrons. The average Bonchev–Trinajstić information content (AvgIpc) is 3.29. The van der Waals surface area contributed by atoms with Crippen molar-refractivity contribution in [1.29, 1.82) is 0 Å². The van der Waals surface area contributed by atoms with E-state index >= 15 is 0 Å². The van der Waals surface area contributed by atoms with Crippen LogP contribution < -0.4 is 10.2 Å². The molecule has 0 spiro atoms. The highest BCUT2D eigenvalue weighted by molar-refractivity contribution is 8.01. The Morgan fingerprint density at radius 3 is 2.44 bits per heavy atom. The third kappa shape index (κ3) is 6.04. The fraction of sp³-hybridized carbons (Fsp3) is 0.273. The Morgan fingerprint density at radius 2 is 1.72 bits per heavy atom. The summed E-state index contributed by atoms with van der Waals surface area (Å²) in [6.07, 6.45) is 0.269. The van der Waals surface area contributed by atoms with Crippen molar-refractivity contribution in [2.75, 3.05) is 42.1 Å². The molecule has 4 rings (SSSR count). The van der Waals surface area contributed by atoms with Gasteiger partial charge in [-0.05, 0) is 29.8 Å². The van der Waals surface area contributed by atoms with Crippen LogP contribution in [0.2, 0.25) is 0 Å². The Labute approximate surface area is 193 Å². The fourth-order valence-electron chi connectivity index (χ4n) is 3.27. The van der Waals surface area contributed by atoms with Crippen LogP contribution in [-0.4, -0.2) is 58.8 Å². The van der Waals surface area contributed by atoms with Gasteiger partial charge in [-0.15, -0.1) is 10.2 Å². The predicted molar refractivity (Wildman–Crippen MR) is 125 cm³/mol. The van der Waals surface area contributed by atoms with Gasteiger partial charge in [0.15, 0.2) is 4.34 Å². The summed E-state index contributed by atoms with van der Waals surface area (Å²) in [7, 11) is 0. The number of carbonyl (C=O) groups excluding carboxylic acids is 2. The zero-order valence-electron chi connectivity index (χ0n) is 17.2. The van der Waals surface area contributed by atoms with E-state index in [1.54, 1.807) is 12.1 Å². The zero-order valence-corrected chi connectivity index (χ0v) is 18.9. The summed E-state index contributed by atoms with van der Waals surface area (Å²) in [5.41, 5.74) is 1.57. The summed E-state index contributed by atoms with van der Waals surface area (Å²) < 4.78 is 13.8. The van der Waals surface area contributed by atoms with E-state index in [9.17, 15) is 14.0 Å². The second kappa shape index (κ2) is 10.6. The van der Waals surface area contributed by atoms with E-state index in [2.05, 4.69) is 20.4 Å². The van der Waals surface area contributed by atoms with Gasteiger partial charge in [0.1, 0.15) is 5.82 Å². The maximum Gasteiger partial charge on any atom is 0.234 e. The fourth-order valence-corrected chi connectivity index (χ4v) is 4.96. The number of rotatable bonds is 7. The summed E-state index contributed by atoms with van der Waals surface area (Å²) >= 11 is 2.80. The van der Waals surface area contributed by atoms with Crippen LogP contribution in [-0.2, 0) is 16.0 Å². The Balaban J connectivity index is 1.22. The van der Waals surface area contributed by atoms with Gasteiger partial charge in [-0.1, -0.05) is 53.4 Å². The normalized spacial score (nSPS) is 13.8. The maximum absolute atomic E-state index is 13.0. The summed E-state index contributed by atoms with van der Waals surface area (Å²) in [5.74, 6) is -0.100. The van der Waals surface area contributed by atoms with Gasteiger partial charge in [-0.3, -0.25) is 9.59 Å². The highest BCUT2D eigenvalue weighted by Crippen LogP contribution is 2.28. The predicted octanol–water partition coefficient (Wildman–Crippen LogP) is 3.30. The number of nitrogens with zero attached hydrogens (tertiary/aromatic N) is 4. The van der Waals surface area contributed by atoms with Gasteiger partial charge in [-0.2, -0.15) is 0 Å². The van der Waals surface area contributed by atoms with E-state index in [1.807, 2.05) is 35.2 Å². The van der Waals surface area contributed by atoms with Crippen molar-refractivity contribution in [1.82, 2.24) is 15.1 Å². The van der Waals surface area contributed by atoms with Crippen molar-refractivity contribution < 1.29 is 14.0 Å². The molecular weight excluding hydrogens is 449 g/mol. The van der Waals surface area contributed by atoms with Crippen molar-refractivity contribution in [3.8, 4) is 0 Å². The molecule has 0 unspecified atom stereocenters. The molecule has 7 nitrogen and oxygen atoms in total. The molecule has 0 saturated carbocycles. The minimum absolute atomic E-state index is 0.0363. The molecule has 2 amide bonds. The van der Waals surface area contributed by atoms with E-state index in [0.717, 1.165) is 20.7 Å². The molecule has 1 saturated heterocycles. The molecule has 0 bridgehead atoms. The molecule has 3 aromatic rings. The van der Waals surface area contributed by atoms with Crippen molar-refractivity contribution in [3.63, 3.8) is 0 Å². The first-order chi connectivity index (χ1) is 15.6. The molecule has 1 fully saturated rings. The van der Waals surface area contributed by atoms with E-state index in [1.165, 1.54) is 35.2 Å². The molecule has 1 aromatic heterocycles. The molecule has 1 N–H and O–H groups in total. The van der Waals surface area contributed by atoms with Gasteiger partial charge in [0.2, 0.25) is 16.9 Å². The Morgan fingerprint density at radius 1 is 1.00 bits per heavy atom. The summed E-state index contributed by atoms with van der Waals surface area (Å²) in [4.78, 5) is 28.6. The lowest BCUT2D eigenvalue weighted by atomic mass is 10.1. The summed E-state index contributed by atoms with van der Waals surface area (Å²) in [6.45, 7) is 2.54. The van der Waals surface area contributed by atoms with Gasteiger partial charge in [0, 0.05) is 31.9 Å². The smallest absolute Gasteiger partial charge is 0.234 e. The van der Waals surface area contributed by atoms with E-state index in [0.29, 0.717) is 26.2 Å². The van der Waals surface area contributed by atoms with Crippen molar-refractivity contribution >= 4 is 45.7 Å². The number of carbonyl (C=O) groups is 2. The van der Waals surface area contributed by atoms with Crippen LogP contribution in [0.5, 0.6) is 0 Å². The highest BCUT2D eigenvalue weighted by Gasteiger charge is 2.23. The Bertz CT molecular complexity index is 1050. The number of amides is 2. The molecule has 2 heterocycles. The van der Waals surface area contributed by atoms with E-state index < -0.39 is 0 Å². The molecule has 166 valence electrons. The molecule has 1 aliphatic rings. The van der Waals surface area contributed by atoms with Gasteiger partial charge in [-0.25, -0.2) is 4.39 Å². The second-order valence-electron chi connectivity index (χ2n) is 7.22. The first-order valence-electron chi connectivity index (χ1n) is 10.2. The van der Waals surface area contributed by atoms with E-state index in [-0.39, 0.29) is 29.8 Å². The molecule has 0 atom stereocenters. The van der Waals surface area contributed by atoms with Crippen molar-refractivity contribution in [2.24, 2.45) is 0 Å². The second-order valence-corrected chi connectivity index (χ2v) is 9.40. The first kappa shape index (κ1) is 22.2.